The van der Waals surface area contributed by atoms with E-state index in [0.29, 0.717) is 24.4 Å². The van der Waals surface area contributed by atoms with E-state index in [1.165, 1.54) is 24.3 Å². The second-order valence-corrected chi connectivity index (χ2v) is 12.3. The largest absolute Gasteiger partial charge is 0.488 e. The molecule has 0 aliphatic heterocycles. The number of rotatable bonds is 10. The van der Waals surface area contributed by atoms with Crippen molar-refractivity contribution < 1.29 is 29.9 Å². The lowest BCUT2D eigenvalue weighted by Crippen LogP contribution is -2.33. The highest BCUT2D eigenvalue weighted by molar-refractivity contribution is 6.58. The highest BCUT2D eigenvalue weighted by Gasteiger charge is 2.21. The first-order valence-electron chi connectivity index (χ1n) is 16.1. The van der Waals surface area contributed by atoms with Crippen LogP contribution in [0.15, 0.2) is 79.1 Å². The van der Waals surface area contributed by atoms with Crippen molar-refractivity contribution in [3.05, 3.63) is 95.8 Å². The summed E-state index contributed by atoms with van der Waals surface area (Å²) in [5.74, 6) is -0.721. The number of nitrogens with two attached hydrogens (primary N) is 1. The minimum absolute atomic E-state index is 0. The van der Waals surface area contributed by atoms with E-state index in [4.69, 9.17) is 30.9 Å². The van der Waals surface area contributed by atoms with Crippen LogP contribution in [0.3, 0.4) is 0 Å². The van der Waals surface area contributed by atoms with Crippen molar-refractivity contribution >= 4 is 47.4 Å². The average molecular weight is 682 g/mol. The zero-order valence-electron chi connectivity index (χ0n) is 27.3. The van der Waals surface area contributed by atoms with E-state index in [1.807, 2.05) is 36.7 Å². The van der Waals surface area contributed by atoms with Crippen molar-refractivity contribution in [3.63, 3.8) is 0 Å². The van der Waals surface area contributed by atoms with Gasteiger partial charge in [0.2, 0.25) is 5.95 Å². The summed E-state index contributed by atoms with van der Waals surface area (Å²) in [5, 5.41) is 42.2. The molecule has 1 fully saturated rings. The smallest absolute Gasteiger partial charge is 0.478 e. The van der Waals surface area contributed by atoms with Crippen LogP contribution in [-0.4, -0.2) is 70.9 Å². The summed E-state index contributed by atoms with van der Waals surface area (Å²) in [5.41, 5.74) is 11.0. The lowest BCUT2D eigenvalue weighted by molar-refractivity contribution is 0.0686. The van der Waals surface area contributed by atoms with Crippen molar-refractivity contribution in [1.29, 1.82) is 0 Å². The second-order valence-electron chi connectivity index (χ2n) is 12.3. The molecule has 13 nitrogen and oxygen atoms in total. The molecule has 0 unspecified atom stereocenters. The van der Waals surface area contributed by atoms with Gasteiger partial charge in [-0.2, -0.15) is 9.97 Å². The van der Waals surface area contributed by atoms with Crippen molar-refractivity contribution in [1.82, 2.24) is 19.5 Å². The third-order valence-electron chi connectivity index (χ3n) is 8.37. The van der Waals surface area contributed by atoms with Crippen LogP contribution in [0, 0.1) is 0 Å². The number of carboxylic acids is 2. The lowest BCUT2D eigenvalue weighted by atomic mass is 9.80. The van der Waals surface area contributed by atoms with Crippen LogP contribution in [0.5, 0.6) is 0 Å². The number of hydrogen-bond donors (Lipinski definition) is 7. The molecule has 2 aromatic heterocycles. The number of anilines is 2. The maximum Gasteiger partial charge on any atom is 0.488 e. The number of benzene rings is 3. The molecule has 14 heteroatoms. The summed E-state index contributed by atoms with van der Waals surface area (Å²) in [4.78, 5) is 35.9. The van der Waals surface area contributed by atoms with Gasteiger partial charge in [-0.3, -0.25) is 0 Å². The Kier molecular flexibility index (Phi) is 12.7. The van der Waals surface area contributed by atoms with E-state index < -0.39 is 19.1 Å². The Bertz CT molecular complexity index is 1910. The van der Waals surface area contributed by atoms with E-state index in [2.05, 4.69) is 34.0 Å². The fourth-order valence-corrected chi connectivity index (χ4v) is 5.59. The average Bonchev–Trinajstić information content (AvgIpc) is 3.53. The molecule has 50 heavy (non-hydrogen) atoms. The van der Waals surface area contributed by atoms with Gasteiger partial charge in [-0.25, -0.2) is 14.6 Å². The number of fused-ring (bicyclic) bond motifs is 1. The third kappa shape index (κ3) is 9.44. The van der Waals surface area contributed by atoms with Crippen LogP contribution in [0.2, 0.25) is 0 Å². The maximum absolute atomic E-state index is 11.3. The number of aromatic carboxylic acids is 2. The topological polar surface area (TPSA) is 209 Å². The zero-order valence-corrected chi connectivity index (χ0v) is 27.3. The molecule has 0 spiro atoms. The highest BCUT2D eigenvalue weighted by Crippen LogP contribution is 2.27. The van der Waals surface area contributed by atoms with Crippen LogP contribution in [-0.2, 0) is 6.54 Å². The molecule has 0 saturated heterocycles. The molecule has 2 heterocycles. The summed E-state index contributed by atoms with van der Waals surface area (Å²) in [6, 6.07) is 21.3. The summed E-state index contributed by atoms with van der Waals surface area (Å²) in [7, 11) is -1.62. The molecular weight excluding hydrogens is 637 g/mol. The van der Waals surface area contributed by atoms with E-state index in [9.17, 15) is 14.7 Å². The summed E-state index contributed by atoms with van der Waals surface area (Å²) in [6.07, 6.45) is 5.85. The molecule has 1 aliphatic rings. The van der Waals surface area contributed by atoms with Gasteiger partial charge < -0.3 is 41.2 Å². The van der Waals surface area contributed by atoms with Gasteiger partial charge in [0.1, 0.15) is 0 Å². The van der Waals surface area contributed by atoms with Crippen molar-refractivity contribution in [2.24, 2.45) is 5.73 Å². The van der Waals surface area contributed by atoms with Gasteiger partial charge >= 0.3 is 19.1 Å². The summed E-state index contributed by atoms with van der Waals surface area (Å²) >= 11 is 0. The number of carbonyl (C=O) groups is 2. The number of imidazole rings is 1. The molecule has 8 N–H and O–H groups in total. The Balaban J connectivity index is 0.000000368. The van der Waals surface area contributed by atoms with E-state index in [1.54, 1.807) is 18.2 Å². The molecular formula is C36H44BN7O6. The fraction of sp³-hybridized carbons (Fsp3) is 0.306. The molecule has 5 aromatic rings. The Morgan fingerprint density at radius 3 is 2.16 bits per heavy atom. The minimum Gasteiger partial charge on any atom is -0.478 e. The van der Waals surface area contributed by atoms with Gasteiger partial charge in [-0.15, -0.1) is 0 Å². The fourth-order valence-electron chi connectivity index (χ4n) is 5.59. The second kappa shape index (κ2) is 16.9. The standard InChI is InChI=1S/C28H33N7O2.C7H7BO4.CH4/c1-17(2)35-16-31-24-25(33-28(34-26(24)35)32-23-12-10-22(29)11-13-23)30-15-18-6-8-19(9-7-18)20-4-3-5-21(14-20)27(36)37;9-7(10)5-2-1-3-6(4-5)8(11)12;/h3-9,14,16-17,22-23H,10-13,15,29H2,1-2H3,(H,36,37)(H2,30,32,33,34);1-4,11-12H,(H,9,10);1H4. The van der Waals surface area contributed by atoms with Gasteiger partial charge in [-0.05, 0) is 85.9 Å². The predicted octanol–water partition coefficient (Wildman–Crippen LogP) is 4.77. The highest BCUT2D eigenvalue weighted by atomic mass is 16.4. The van der Waals surface area contributed by atoms with Crippen molar-refractivity contribution in [2.75, 3.05) is 10.6 Å². The maximum atomic E-state index is 11.3. The monoisotopic (exact) mass is 681 g/mol. The van der Waals surface area contributed by atoms with Gasteiger partial charge in [0.05, 0.1) is 17.5 Å². The number of carboxylic acid groups (broad SMARTS) is 2. The Morgan fingerprint density at radius 1 is 0.900 bits per heavy atom. The van der Waals surface area contributed by atoms with Crippen molar-refractivity contribution in [3.8, 4) is 11.1 Å². The zero-order chi connectivity index (χ0) is 35.1. The lowest BCUT2D eigenvalue weighted by Gasteiger charge is -2.27. The van der Waals surface area contributed by atoms with Crippen LogP contribution >= 0.6 is 0 Å². The van der Waals surface area contributed by atoms with Crippen molar-refractivity contribution in [2.45, 2.75) is 71.6 Å². The van der Waals surface area contributed by atoms with Gasteiger partial charge in [0.25, 0.3) is 0 Å². The molecule has 0 bridgehead atoms. The number of aromatic nitrogens is 4. The molecule has 1 aliphatic carbocycles. The Morgan fingerprint density at radius 2 is 1.54 bits per heavy atom. The molecule has 1 saturated carbocycles. The predicted molar refractivity (Wildman–Crippen MR) is 196 cm³/mol. The first-order valence-corrected chi connectivity index (χ1v) is 16.1. The molecule has 0 radical (unpaired) electrons. The summed E-state index contributed by atoms with van der Waals surface area (Å²) < 4.78 is 2.06. The Labute approximate surface area is 291 Å². The van der Waals surface area contributed by atoms with Crippen LogP contribution in [0.25, 0.3) is 22.3 Å². The van der Waals surface area contributed by atoms with Gasteiger partial charge in [-0.1, -0.05) is 56.0 Å². The SMILES string of the molecule is C.CC(C)n1cnc2c(NCc3ccc(-c4cccc(C(=O)O)c4)cc3)nc(NC3CCC(N)CC3)nc21.O=C(O)c1cccc(B(O)O)c1. The Hall–Kier alpha value is -5.31. The normalized spacial score (nSPS) is 15.4. The molecule has 262 valence electrons. The van der Waals surface area contributed by atoms with Gasteiger partial charge in [0, 0.05) is 24.7 Å². The van der Waals surface area contributed by atoms with Crippen LogP contribution in [0.1, 0.15) is 79.3 Å². The van der Waals surface area contributed by atoms with Gasteiger partial charge in [0.15, 0.2) is 17.0 Å². The van der Waals surface area contributed by atoms with E-state index in [-0.39, 0.29) is 36.1 Å². The first-order chi connectivity index (χ1) is 23.5. The molecule has 6 rings (SSSR count). The minimum atomic E-state index is -1.62. The van der Waals surface area contributed by atoms with Crippen LogP contribution in [0.4, 0.5) is 11.8 Å². The van der Waals surface area contributed by atoms with E-state index >= 15 is 0 Å². The van der Waals surface area contributed by atoms with Crippen LogP contribution < -0.4 is 21.8 Å². The third-order valence-corrected chi connectivity index (χ3v) is 8.37. The number of nitrogens with one attached hydrogen (secondary N) is 2. The quantitative estimate of drug-likeness (QED) is 0.0995. The number of nitrogens with zero attached hydrogens (tertiary/aromatic N) is 4. The molecule has 3 aromatic carbocycles. The first kappa shape index (κ1) is 37.5. The summed E-state index contributed by atoms with van der Waals surface area (Å²) in [6.45, 7) is 4.78. The molecule has 0 amide bonds. The number of hydrogen-bond acceptors (Lipinski definition) is 10. The van der Waals surface area contributed by atoms with E-state index in [0.717, 1.165) is 53.5 Å². The molecule has 0 atom stereocenters.